The van der Waals surface area contributed by atoms with Gasteiger partial charge in [0, 0.05) is 5.56 Å². The van der Waals surface area contributed by atoms with Gasteiger partial charge in [0.05, 0.1) is 13.2 Å². The third-order valence-electron chi connectivity index (χ3n) is 3.28. The molecule has 112 valence electrons. The minimum Gasteiger partial charge on any atom is -0.490 e. The minimum absolute atomic E-state index is 0.0532. The van der Waals surface area contributed by atoms with Crippen molar-refractivity contribution in [2.75, 3.05) is 13.2 Å². The summed E-state index contributed by atoms with van der Waals surface area (Å²) in [7, 11) is 0. The van der Waals surface area contributed by atoms with Crippen LogP contribution in [-0.2, 0) is 0 Å². The van der Waals surface area contributed by atoms with Gasteiger partial charge in [-0.2, -0.15) is 0 Å². The summed E-state index contributed by atoms with van der Waals surface area (Å²) in [5.74, 6) is 1.89. The van der Waals surface area contributed by atoms with Crippen LogP contribution in [0.1, 0.15) is 39.2 Å². The zero-order valence-corrected chi connectivity index (χ0v) is 12.4. The first-order chi connectivity index (χ1) is 9.65. The average molecular weight is 280 g/mol. The summed E-state index contributed by atoms with van der Waals surface area (Å²) < 4.78 is 11.4. The predicted molar refractivity (Wildman–Crippen MR) is 79.7 cm³/mol. The van der Waals surface area contributed by atoms with Gasteiger partial charge < -0.3 is 20.4 Å². The van der Waals surface area contributed by atoms with Gasteiger partial charge in [-0.05, 0) is 31.0 Å². The van der Waals surface area contributed by atoms with E-state index in [1.54, 1.807) is 18.2 Å². The molecule has 0 aliphatic heterocycles. The summed E-state index contributed by atoms with van der Waals surface area (Å²) >= 11 is 0. The van der Waals surface area contributed by atoms with Crippen molar-refractivity contribution in [1.29, 1.82) is 0 Å². The molecule has 0 aromatic heterocycles. The van der Waals surface area contributed by atoms with Gasteiger partial charge in [0.25, 0.3) is 0 Å². The number of ether oxygens (including phenoxy) is 2. The largest absolute Gasteiger partial charge is 0.490 e. The van der Waals surface area contributed by atoms with Crippen molar-refractivity contribution in [3.8, 4) is 11.5 Å². The number of nitrogens with zero attached hydrogens (tertiary/aromatic N) is 1. The number of hydrogen-bond donors (Lipinski definition) is 2. The van der Waals surface area contributed by atoms with Crippen LogP contribution in [-0.4, -0.2) is 24.3 Å². The van der Waals surface area contributed by atoms with E-state index in [1.807, 2.05) is 6.92 Å². The molecule has 1 rings (SSSR count). The smallest absolute Gasteiger partial charge is 0.170 e. The Hall–Kier alpha value is -1.91. The number of benzene rings is 1. The highest BCUT2D eigenvalue weighted by Gasteiger charge is 2.11. The molecule has 0 spiro atoms. The van der Waals surface area contributed by atoms with E-state index < -0.39 is 0 Å². The Morgan fingerprint density at radius 3 is 2.45 bits per heavy atom. The molecule has 0 aliphatic carbocycles. The van der Waals surface area contributed by atoms with Crippen LogP contribution in [0.2, 0.25) is 0 Å². The van der Waals surface area contributed by atoms with E-state index >= 15 is 0 Å². The maximum absolute atomic E-state index is 8.71. The summed E-state index contributed by atoms with van der Waals surface area (Å²) in [5, 5.41) is 11.7. The van der Waals surface area contributed by atoms with Crippen molar-refractivity contribution >= 4 is 5.84 Å². The van der Waals surface area contributed by atoms with Gasteiger partial charge in [-0.3, -0.25) is 0 Å². The number of amidine groups is 1. The van der Waals surface area contributed by atoms with Crippen LogP contribution >= 0.6 is 0 Å². The van der Waals surface area contributed by atoms with Crippen molar-refractivity contribution in [2.24, 2.45) is 16.8 Å². The number of rotatable bonds is 8. The highest BCUT2D eigenvalue weighted by Crippen LogP contribution is 2.29. The molecular formula is C15H24N2O3. The number of oxime groups is 1. The first-order valence-corrected chi connectivity index (χ1v) is 7.03. The first kappa shape index (κ1) is 16.1. The van der Waals surface area contributed by atoms with Crippen LogP contribution in [0.4, 0.5) is 0 Å². The maximum Gasteiger partial charge on any atom is 0.170 e. The first-order valence-electron chi connectivity index (χ1n) is 7.03. The van der Waals surface area contributed by atoms with Gasteiger partial charge in [0.2, 0.25) is 0 Å². The van der Waals surface area contributed by atoms with Gasteiger partial charge in [-0.1, -0.05) is 31.8 Å². The molecule has 0 heterocycles. The molecular weight excluding hydrogens is 256 g/mol. The van der Waals surface area contributed by atoms with Gasteiger partial charge in [0.15, 0.2) is 17.3 Å². The topological polar surface area (TPSA) is 77.1 Å². The lowest BCUT2D eigenvalue weighted by Crippen LogP contribution is -2.14. The summed E-state index contributed by atoms with van der Waals surface area (Å²) in [6, 6.07) is 5.27. The van der Waals surface area contributed by atoms with Crippen molar-refractivity contribution < 1.29 is 14.7 Å². The quantitative estimate of drug-likeness (QED) is 0.332. The Labute approximate surface area is 120 Å². The van der Waals surface area contributed by atoms with Gasteiger partial charge >= 0.3 is 0 Å². The van der Waals surface area contributed by atoms with E-state index in [-0.39, 0.29) is 5.84 Å². The molecule has 0 aliphatic rings. The third-order valence-corrected chi connectivity index (χ3v) is 3.28. The molecule has 0 fully saturated rings. The highest BCUT2D eigenvalue weighted by molar-refractivity contribution is 5.97. The Balaban J connectivity index is 2.89. The summed E-state index contributed by atoms with van der Waals surface area (Å²) in [6.07, 6.45) is 2.17. The lowest BCUT2D eigenvalue weighted by Gasteiger charge is -2.17. The number of hydrogen-bond acceptors (Lipinski definition) is 4. The average Bonchev–Trinajstić information content (AvgIpc) is 2.48. The molecule has 0 bridgehead atoms. The standard InChI is InChI=1S/C15H24N2O3/c1-4-11(5-2)10-20-13-8-7-12(15(16)17-18)9-14(13)19-6-3/h7-9,11,18H,4-6,10H2,1-3H3,(H2,16,17). The van der Waals surface area contributed by atoms with E-state index in [9.17, 15) is 0 Å². The fraction of sp³-hybridized carbons (Fsp3) is 0.533. The van der Waals surface area contributed by atoms with Gasteiger partial charge in [0.1, 0.15) is 0 Å². The maximum atomic E-state index is 8.71. The lowest BCUT2D eigenvalue weighted by atomic mass is 10.1. The van der Waals surface area contributed by atoms with Crippen LogP contribution in [0.25, 0.3) is 0 Å². The molecule has 0 saturated carbocycles. The molecule has 5 heteroatoms. The Bertz CT molecular complexity index is 443. The highest BCUT2D eigenvalue weighted by atomic mass is 16.5. The lowest BCUT2D eigenvalue weighted by molar-refractivity contribution is 0.225. The van der Waals surface area contributed by atoms with Crippen molar-refractivity contribution in [2.45, 2.75) is 33.6 Å². The molecule has 1 aromatic rings. The van der Waals surface area contributed by atoms with Crippen LogP contribution in [0, 0.1) is 5.92 Å². The van der Waals surface area contributed by atoms with Gasteiger partial charge in [-0.15, -0.1) is 0 Å². The van der Waals surface area contributed by atoms with Crippen molar-refractivity contribution in [1.82, 2.24) is 0 Å². The third kappa shape index (κ3) is 4.33. The second-order valence-corrected chi connectivity index (χ2v) is 4.57. The normalized spacial score (nSPS) is 11.7. The molecule has 0 atom stereocenters. The fourth-order valence-corrected chi connectivity index (χ4v) is 1.84. The molecule has 0 radical (unpaired) electrons. The fourth-order valence-electron chi connectivity index (χ4n) is 1.84. The van der Waals surface area contributed by atoms with Crippen LogP contribution in [0.3, 0.4) is 0 Å². The molecule has 20 heavy (non-hydrogen) atoms. The predicted octanol–water partition coefficient (Wildman–Crippen LogP) is 2.99. The Morgan fingerprint density at radius 2 is 1.90 bits per heavy atom. The minimum atomic E-state index is 0.0532. The van der Waals surface area contributed by atoms with Crippen LogP contribution < -0.4 is 15.2 Å². The van der Waals surface area contributed by atoms with Gasteiger partial charge in [-0.25, -0.2) is 0 Å². The van der Waals surface area contributed by atoms with Crippen LogP contribution in [0.15, 0.2) is 23.4 Å². The monoisotopic (exact) mass is 280 g/mol. The summed E-state index contributed by atoms with van der Waals surface area (Å²) in [5.41, 5.74) is 6.18. The summed E-state index contributed by atoms with van der Waals surface area (Å²) in [4.78, 5) is 0. The second-order valence-electron chi connectivity index (χ2n) is 4.57. The van der Waals surface area contributed by atoms with E-state index in [4.69, 9.17) is 20.4 Å². The van der Waals surface area contributed by atoms with Crippen LogP contribution in [0.5, 0.6) is 11.5 Å². The molecule has 0 unspecified atom stereocenters. The van der Waals surface area contributed by atoms with E-state index in [0.29, 0.717) is 36.2 Å². The van der Waals surface area contributed by atoms with Crippen molar-refractivity contribution in [3.63, 3.8) is 0 Å². The van der Waals surface area contributed by atoms with E-state index in [0.717, 1.165) is 12.8 Å². The summed E-state index contributed by atoms with van der Waals surface area (Å²) in [6.45, 7) is 7.41. The zero-order chi connectivity index (χ0) is 15.0. The SMILES string of the molecule is CCOc1cc(/C(N)=N/O)ccc1OCC(CC)CC. The van der Waals surface area contributed by atoms with Crippen molar-refractivity contribution in [3.05, 3.63) is 23.8 Å². The number of nitrogens with two attached hydrogens (primary N) is 1. The molecule has 0 amide bonds. The Morgan fingerprint density at radius 1 is 1.20 bits per heavy atom. The Kier molecular flexibility index (Phi) is 6.70. The second kappa shape index (κ2) is 8.30. The molecule has 3 N–H and O–H groups in total. The molecule has 5 nitrogen and oxygen atoms in total. The molecule has 1 aromatic carbocycles. The van der Waals surface area contributed by atoms with E-state index in [1.165, 1.54) is 0 Å². The van der Waals surface area contributed by atoms with E-state index in [2.05, 4.69) is 19.0 Å². The molecule has 0 saturated heterocycles. The zero-order valence-electron chi connectivity index (χ0n) is 12.4.